The fourth-order valence-electron chi connectivity index (χ4n) is 2.18. The third kappa shape index (κ3) is 4.47. The van der Waals surface area contributed by atoms with Gasteiger partial charge in [0.1, 0.15) is 6.54 Å². The Morgan fingerprint density at radius 3 is 2.65 bits per heavy atom. The molecule has 1 heterocycles. The van der Waals surface area contributed by atoms with Crippen LogP contribution in [0.25, 0.3) is 11.1 Å². The number of rotatable bonds is 7. The van der Waals surface area contributed by atoms with Crippen molar-refractivity contribution in [2.75, 3.05) is 6.54 Å². The summed E-state index contributed by atoms with van der Waals surface area (Å²) in [5, 5.41) is 13.4. The monoisotopic (exact) mass is 365 g/mol. The standard InChI is InChI=1S/C16H19N3O7/c1-9(2)7-17-15(21)10(3)25-14(20)8-18-12-5-4-11(19(23)24)6-13(12)26-16(18)22/h4-6,9-10H,7-8H2,1-3H3,(H,17,21)/t10-/m0/s1. The number of aromatic nitrogens is 1. The van der Waals surface area contributed by atoms with Gasteiger partial charge in [0.2, 0.25) is 0 Å². The summed E-state index contributed by atoms with van der Waals surface area (Å²) in [7, 11) is 0. The summed E-state index contributed by atoms with van der Waals surface area (Å²) >= 11 is 0. The van der Waals surface area contributed by atoms with Gasteiger partial charge in [0.15, 0.2) is 11.7 Å². The smallest absolute Gasteiger partial charge is 0.420 e. The first-order valence-corrected chi connectivity index (χ1v) is 7.94. The molecule has 1 aromatic heterocycles. The van der Waals surface area contributed by atoms with E-state index in [4.69, 9.17) is 9.15 Å². The van der Waals surface area contributed by atoms with Gasteiger partial charge in [0.25, 0.3) is 11.6 Å². The van der Waals surface area contributed by atoms with Crippen molar-refractivity contribution in [2.45, 2.75) is 33.4 Å². The minimum atomic E-state index is -1.02. The number of nitrogens with zero attached hydrogens (tertiary/aromatic N) is 2. The average molecular weight is 365 g/mol. The lowest BCUT2D eigenvalue weighted by Crippen LogP contribution is -2.38. The molecule has 26 heavy (non-hydrogen) atoms. The summed E-state index contributed by atoms with van der Waals surface area (Å²) in [6.07, 6.45) is -1.02. The Kier molecular flexibility index (Phi) is 5.75. The van der Waals surface area contributed by atoms with Crippen LogP contribution in [0.5, 0.6) is 0 Å². The maximum atomic E-state index is 12.0. The zero-order valence-electron chi connectivity index (χ0n) is 14.6. The Labute approximate surface area is 147 Å². The largest absolute Gasteiger partial charge is 0.451 e. The Morgan fingerprint density at radius 2 is 2.04 bits per heavy atom. The van der Waals surface area contributed by atoms with Crippen LogP contribution in [0.2, 0.25) is 0 Å². The molecule has 140 valence electrons. The number of carbonyl (C=O) groups excluding carboxylic acids is 2. The molecule has 1 aromatic carbocycles. The van der Waals surface area contributed by atoms with Crippen molar-refractivity contribution in [3.05, 3.63) is 38.9 Å². The number of nitro benzene ring substituents is 1. The molecule has 0 saturated heterocycles. The average Bonchev–Trinajstić information content (AvgIpc) is 2.87. The summed E-state index contributed by atoms with van der Waals surface area (Å²) in [5.41, 5.74) is -0.0365. The summed E-state index contributed by atoms with van der Waals surface area (Å²) in [4.78, 5) is 45.9. The van der Waals surface area contributed by atoms with E-state index < -0.39 is 35.2 Å². The van der Waals surface area contributed by atoms with E-state index in [1.165, 1.54) is 19.1 Å². The molecule has 1 N–H and O–H groups in total. The summed E-state index contributed by atoms with van der Waals surface area (Å²) in [6.45, 7) is 5.25. The molecule has 0 spiro atoms. The van der Waals surface area contributed by atoms with Crippen molar-refractivity contribution in [3.63, 3.8) is 0 Å². The zero-order valence-corrected chi connectivity index (χ0v) is 14.6. The third-order valence-electron chi connectivity index (χ3n) is 3.51. The van der Waals surface area contributed by atoms with E-state index in [2.05, 4.69) is 5.32 Å². The normalized spacial score (nSPS) is 12.2. The van der Waals surface area contributed by atoms with E-state index in [0.29, 0.717) is 6.54 Å². The van der Waals surface area contributed by atoms with Crippen molar-refractivity contribution in [3.8, 4) is 0 Å². The van der Waals surface area contributed by atoms with Crippen molar-refractivity contribution in [1.82, 2.24) is 9.88 Å². The Morgan fingerprint density at radius 1 is 1.35 bits per heavy atom. The van der Waals surface area contributed by atoms with Gasteiger partial charge in [0.05, 0.1) is 16.5 Å². The van der Waals surface area contributed by atoms with Crippen LogP contribution in [-0.4, -0.2) is 34.0 Å². The van der Waals surface area contributed by atoms with E-state index in [1.807, 2.05) is 13.8 Å². The molecule has 2 aromatic rings. The summed E-state index contributed by atoms with van der Waals surface area (Å²) in [6, 6.07) is 3.60. The number of fused-ring (bicyclic) bond motifs is 1. The molecule has 0 saturated carbocycles. The predicted molar refractivity (Wildman–Crippen MR) is 90.5 cm³/mol. The van der Waals surface area contributed by atoms with E-state index >= 15 is 0 Å². The van der Waals surface area contributed by atoms with E-state index in [0.717, 1.165) is 10.6 Å². The molecule has 0 aliphatic carbocycles. The minimum absolute atomic E-state index is 0.0141. The highest BCUT2D eigenvalue weighted by molar-refractivity contribution is 5.84. The molecule has 0 bridgehead atoms. The van der Waals surface area contributed by atoms with Crippen molar-refractivity contribution >= 4 is 28.7 Å². The number of carbonyl (C=O) groups is 2. The van der Waals surface area contributed by atoms with Crippen molar-refractivity contribution in [2.24, 2.45) is 5.92 Å². The van der Waals surface area contributed by atoms with E-state index in [-0.39, 0.29) is 22.7 Å². The third-order valence-corrected chi connectivity index (χ3v) is 3.51. The molecule has 0 radical (unpaired) electrons. The van der Waals surface area contributed by atoms with Gasteiger partial charge >= 0.3 is 11.7 Å². The van der Waals surface area contributed by atoms with Gasteiger partial charge in [-0.25, -0.2) is 4.79 Å². The highest BCUT2D eigenvalue weighted by Gasteiger charge is 2.21. The second kappa shape index (κ2) is 7.81. The molecule has 0 aliphatic heterocycles. The number of oxazole rings is 1. The van der Waals surface area contributed by atoms with Crippen LogP contribution >= 0.6 is 0 Å². The van der Waals surface area contributed by atoms with Crippen LogP contribution < -0.4 is 11.1 Å². The molecular formula is C16H19N3O7. The van der Waals surface area contributed by atoms with Gasteiger partial charge in [0, 0.05) is 12.6 Å². The number of non-ortho nitro benzene ring substituents is 1. The van der Waals surface area contributed by atoms with E-state index in [1.54, 1.807) is 0 Å². The Bertz CT molecular complexity index is 897. The second-order valence-corrected chi connectivity index (χ2v) is 6.13. The Balaban J connectivity index is 2.09. The number of ether oxygens (including phenoxy) is 1. The highest BCUT2D eigenvalue weighted by Crippen LogP contribution is 2.20. The molecular weight excluding hydrogens is 346 g/mol. The molecule has 0 unspecified atom stereocenters. The van der Waals surface area contributed by atoms with Gasteiger partial charge in [-0.2, -0.15) is 0 Å². The van der Waals surface area contributed by atoms with Crippen LogP contribution in [0.15, 0.2) is 27.4 Å². The van der Waals surface area contributed by atoms with Crippen LogP contribution in [-0.2, 0) is 20.9 Å². The minimum Gasteiger partial charge on any atom is -0.451 e. The quantitative estimate of drug-likeness (QED) is 0.443. The van der Waals surface area contributed by atoms with Gasteiger partial charge in [-0.15, -0.1) is 0 Å². The SMILES string of the molecule is CC(C)CNC(=O)[C@H](C)OC(=O)Cn1c(=O)oc2cc([N+](=O)[O-])ccc21. The first-order valence-electron chi connectivity index (χ1n) is 7.94. The number of esters is 1. The number of nitro groups is 1. The first-order chi connectivity index (χ1) is 12.2. The van der Waals surface area contributed by atoms with Crippen LogP contribution in [0.1, 0.15) is 20.8 Å². The fraction of sp³-hybridized carbons (Fsp3) is 0.438. The van der Waals surface area contributed by atoms with Gasteiger partial charge in [-0.05, 0) is 18.9 Å². The number of hydrogen-bond acceptors (Lipinski definition) is 7. The van der Waals surface area contributed by atoms with Crippen LogP contribution in [0, 0.1) is 16.0 Å². The van der Waals surface area contributed by atoms with E-state index in [9.17, 15) is 24.5 Å². The van der Waals surface area contributed by atoms with Gasteiger partial charge < -0.3 is 14.5 Å². The lowest BCUT2D eigenvalue weighted by atomic mass is 10.2. The number of nitrogens with one attached hydrogen (secondary N) is 1. The Hall–Kier alpha value is -3.17. The van der Waals surface area contributed by atoms with Gasteiger partial charge in [-0.1, -0.05) is 13.8 Å². The maximum Gasteiger partial charge on any atom is 0.420 e. The summed E-state index contributed by atoms with van der Waals surface area (Å²) in [5.74, 6) is -1.84. The molecule has 0 fully saturated rings. The van der Waals surface area contributed by atoms with Crippen molar-refractivity contribution < 1.29 is 23.7 Å². The predicted octanol–water partition coefficient (Wildman–Crippen LogP) is 1.21. The zero-order chi connectivity index (χ0) is 19.4. The molecule has 1 atom stereocenters. The van der Waals surface area contributed by atoms with Crippen LogP contribution in [0.3, 0.4) is 0 Å². The number of benzene rings is 1. The fourth-order valence-corrected chi connectivity index (χ4v) is 2.18. The molecule has 0 aliphatic rings. The molecule has 10 heteroatoms. The maximum absolute atomic E-state index is 12.0. The number of hydrogen-bond donors (Lipinski definition) is 1. The first kappa shape index (κ1) is 19.2. The van der Waals surface area contributed by atoms with Crippen molar-refractivity contribution in [1.29, 1.82) is 0 Å². The topological polar surface area (TPSA) is 134 Å². The lowest BCUT2D eigenvalue weighted by molar-refractivity contribution is -0.384. The van der Waals surface area contributed by atoms with Gasteiger partial charge in [-0.3, -0.25) is 24.3 Å². The second-order valence-electron chi connectivity index (χ2n) is 6.13. The lowest BCUT2D eigenvalue weighted by Gasteiger charge is -2.14. The molecule has 10 nitrogen and oxygen atoms in total. The number of amides is 1. The molecule has 2 rings (SSSR count). The highest BCUT2D eigenvalue weighted by atomic mass is 16.6. The summed E-state index contributed by atoms with van der Waals surface area (Å²) < 4.78 is 10.9. The molecule has 1 amide bonds. The van der Waals surface area contributed by atoms with Crippen LogP contribution in [0.4, 0.5) is 5.69 Å².